The number of carbonyl (C=O) groups is 1. The van der Waals surface area contributed by atoms with Crippen LogP contribution in [0.25, 0.3) is 5.13 Å². The minimum atomic E-state index is -0.0511. The predicted molar refractivity (Wildman–Crippen MR) is 90.2 cm³/mol. The van der Waals surface area contributed by atoms with Crippen LogP contribution in [0.4, 0.5) is 0 Å². The second kappa shape index (κ2) is 6.37. The molecule has 3 aromatic heterocycles. The number of aryl methyl sites for hydroxylation is 2. The summed E-state index contributed by atoms with van der Waals surface area (Å²) in [4.78, 5) is 16.8. The van der Waals surface area contributed by atoms with E-state index in [0.717, 1.165) is 28.5 Å². The molecule has 0 saturated heterocycles. The smallest absolute Gasteiger partial charge is 0.253 e. The van der Waals surface area contributed by atoms with E-state index in [9.17, 15) is 4.79 Å². The largest absolute Gasteiger partial charge is 0.352 e. The molecule has 6 nitrogen and oxygen atoms in total. The van der Waals surface area contributed by atoms with Crippen molar-refractivity contribution < 1.29 is 4.79 Å². The summed E-state index contributed by atoms with van der Waals surface area (Å²) < 4.78 is 3.78. The molecule has 120 valence electrons. The lowest BCUT2D eigenvalue weighted by Gasteiger charge is -2.06. The molecule has 1 N–H and O–H groups in total. The SMILES string of the molecule is Cc1cc(C(=O)NCCc2cnn(C)c2)c(C)n1-c1nccs1. The number of carbonyl (C=O) groups excluding carboxylic acids is 1. The first-order valence-electron chi connectivity index (χ1n) is 7.41. The Hall–Kier alpha value is -2.41. The fourth-order valence-corrected chi connectivity index (χ4v) is 3.38. The van der Waals surface area contributed by atoms with E-state index in [2.05, 4.69) is 15.4 Å². The van der Waals surface area contributed by atoms with E-state index in [1.807, 2.05) is 49.3 Å². The second-order valence-electron chi connectivity index (χ2n) is 5.46. The highest BCUT2D eigenvalue weighted by Crippen LogP contribution is 2.22. The van der Waals surface area contributed by atoms with Crippen molar-refractivity contribution >= 4 is 17.2 Å². The zero-order valence-electron chi connectivity index (χ0n) is 13.4. The van der Waals surface area contributed by atoms with Gasteiger partial charge >= 0.3 is 0 Å². The van der Waals surface area contributed by atoms with Crippen LogP contribution in [0.15, 0.2) is 30.0 Å². The van der Waals surface area contributed by atoms with E-state index >= 15 is 0 Å². The van der Waals surface area contributed by atoms with E-state index < -0.39 is 0 Å². The summed E-state index contributed by atoms with van der Waals surface area (Å²) in [6, 6.07) is 1.91. The van der Waals surface area contributed by atoms with Crippen molar-refractivity contribution in [2.24, 2.45) is 7.05 Å². The number of hydrogen-bond acceptors (Lipinski definition) is 4. The minimum Gasteiger partial charge on any atom is -0.352 e. The first-order valence-corrected chi connectivity index (χ1v) is 8.28. The molecule has 0 aliphatic rings. The fraction of sp³-hybridized carbons (Fsp3) is 0.312. The summed E-state index contributed by atoms with van der Waals surface area (Å²) in [7, 11) is 1.88. The zero-order valence-corrected chi connectivity index (χ0v) is 14.2. The lowest BCUT2D eigenvalue weighted by atomic mass is 10.2. The maximum Gasteiger partial charge on any atom is 0.253 e. The molecule has 0 aliphatic heterocycles. The topological polar surface area (TPSA) is 64.7 Å². The summed E-state index contributed by atoms with van der Waals surface area (Å²) in [5.41, 5.74) is 3.73. The van der Waals surface area contributed by atoms with Crippen LogP contribution in [-0.4, -0.2) is 31.8 Å². The summed E-state index contributed by atoms with van der Waals surface area (Å²) in [6.07, 6.45) is 6.32. The van der Waals surface area contributed by atoms with Crippen molar-refractivity contribution in [2.75, 3.05) is 6.54 Å². The van der Waals surface area contributed by atoms with Crippen molar-refractivity contribution in [3.63, 3.8) is 0 Å². The van der Waals surface area contributed by atoms with Crippen LogP contribution in [0.5, 0.6) is 0 Å². The highest BCUT2D eigenvalue weighted by Gasteiger charge is 2.17. The van der Waals surface area contributed by atoms with Gasteiger partial charge in [-0.15, -0.1) is 11.3 Å². The number of hydrogen-bond donors (Lipinski definition) is 1. The van der Waals surface area contributed by atoms with Crippen LogP contribution < -0.4 is 5.32 Å². The summed E-state index contributed by atoms with van der Waals surface area (Å²) >= 11 is 1.56. The van der Waals surface area contributed by atoms with Gasteiger partial charge in [-0.25, -0.2) is 4.98 Å². The highest BCUT2D eigenvalue weighted by molar-refractivity contribution is 7.12. The lowest BCUT2D eigenvalue weighted by molar-refractivity contribution is 0.0953. The van der Waals surface area contributed by atoms with Gasteiger partial charge in [0.25, 0.3) is 5.91 Å². The van der Waals surface area contributed by atoms with Crippen molar-refractivity contribution in [2.45, 2.75) is 20.3 Å². The van der Waals surface area contributed by atoms with E-state index in [-0.39, 0.29) is 5.91 Å². The molecule has 0 radical (unpaired) electrons. The van der Waals surface area contributed by atoms with Gasteiger partial charge in [-0.3, -0.25) is 14.0 Å². The van der Waals surface area contributed by atoms with Crippen LogP contribution in [0.2, 0.25) is 0 Å². The molecule has 0 aliphatic carbocycles. The zero-order chi connectivity index (χ0) is 16.4. The molecule has 0 saturated carbocycles. The lowest BCUT2D eigenvalue weighted by Crippen LogP contribution is -2.26. The van der Waals surface area contributed by atoms with Crippen molar-refractivity contribution in [3.05, 3.63) is 52.6 Å². The Kier molecular flexibility index (Phi) is 4.29. The average Bonchev–Trinajstić information content (AvgIpc) is 3.21. The summed E-state index contributed by atoms with van der Waals surface area (Å²) in [5, 5.41) is 9.92. The number of nitrogens with zero attached hydrogens (tertiary/aromatic N) is 4. The van der Waals surface area contributed by atoms with Crippen LogP contribution in [0.3, 0.4) is 0 Å². The summed E-state index contributed by atoms with van der Waals surface area (Å²) in [5.74, 6) is -0.0511. The molecular weight excluding hydrogens is 310 g/mol. The van der Waals surface area contributed by atoms with Gasteiger partial charge in [0.1, 0.15) is 0 Å². The third-order valence-corrected chi connectivity index (χ3v) is 4.50. The Morgan fingerprint density at radius 2 is 2.22 bits per heavy atom. The van der Waals surface area contributed by atoms with Crippen molar-refractivity contribution in [1.29, 1.82) is 0 Å². The molecule has 23 heavy (non-hydrogen) atoms. The Morgan fingerprint density at radius 1 is 1.39 bits per heavy atom. The van der Waals surface area contributed by atoms with E-state index in [0.29, 0.717) is 12.1 Å². The Bertz CT molecular complexity index is 816. The molecule has 0 spiro atoms. The van der Waals surface area contributed by atoms with Gasteiger partial charge in [-0.1, -0.05) is 0 Å². The Balaban J connectivity index is 1.69. The second-order valence-corrected chi connectivity index (χ2v) is 6.34. The van der Waals surface area contributed by atoms with Crippen LogP contribution >= 0.6 is 11.3 Å². The number of thiazole rings is 1. The van der Waals surface area contributed by atoms with Crippen molar-refractivity contribution in [1.82, 2.24) is 24.6 Å². The van der Waals surface area contributed by atoms with Gasteiger partial charge in [0.2, 0.25) is 0 Å². The first kappa shape index (κ1) is 15.5. The monoisotopic (exact) mass is 329 g/mol. The molecule has 3 heterocycles. The number of amides is 1. The number of rotatable bonds is 5. The van der Waals surface area contributed by atoms with Gasteiger partial charge in [0.15, 0.2) is 5.13 Å². The third-order valence-electron chi connectivity index (χ3n) is 3.74. The molecule has 0 aromatic carbocycles. The van der Waals surface area contributed by atoms with Gasteiger partial charge in [0.05, 0.1) is 11.8 Å². The van der Waals surface area contributed by atoms with Gasteiger partial charge in [-0.2, -0.15) is 5.10 Å². The van der Waals surface area contributed by atoms with Gasteiger partial charge < -0.3 is 5.32 Å². The first-order chi connectivity index (χ1) is 11.1. The molecule has 1 amide bonds. The minimum absolute atomic E-state index is 0.0511. The van der Waals surface area contributed by atoms with E-state index in [1.165, 1.54) is 0 Å². The number of aromatic nitrogens is 4. The van der Waals surface area contributed by atoms with E-state index in [4.69, 9.17) is 0 Å². The quantitative estimate of drug-likeness (QED) is 0.781. The molecule has 0 unspecified atom stereocenters. The Morgan fingerprint density at radius 3 is 2.87 bits per heavy atom. The highest BCUT2D eigenvalue weighted by atomic mass is 32.1. The van der Waals surface area contributed by atoms with Gasteiger partial charge in [0, 0.05) is 42.8 Å². The molecule has 0 fully saturated rings. The van der Waals surface area contributed by atoms with Crippen molar-refractivity contribution in [3.8, 4) is 5.13 Å². The normalized spacial score (nSPS) is 10.9. The molecule has 7 heteroatoms. The Labute approximate surface area is 138 Å². The standard InChI is InChI=1S/C16H19N5OS/c1-11-8-14(12(2)21(11)16-18-6-7-23-16)15(22)17-5-4-13-9-19-20(3)10-13/h6-10H,4-5H2,1-3H3,(H,17,22). The van der Waals surface area contributed by atoms with Crippen LogP contribution in [-0.2, 0) is 13.5 Å². The average molecular weight is 329 g/mol. The maximum atomic E-state index is 12.4. The molecule has 3 aromatic rings. The third kappa shape index (κ3) is 3.19. The molecule has 3 rings (SSSR count). The fourth-order valence-electron chi connectivity index (χ4n) is 2.63. The van der Waals surface area contributed by atoms with Gasteiger partial charge in [-0.05, 0) is 31.9 Å². The molecular formula is C16H19N5OS. The number of nitrogens with one attached hydrogen (secondary N) is 1. The summed E-state index contributed by atoms with van der Waals surface area (Å²) in [6.45, 7) is 4.52. The predicted octanol–water partition coefficient (Wildman–Crippen LogP) is 2.26. The molecule has 0 atom stereocenters. The molecule has 0 bridgehead atoms. The van der Waals surface area contributed by atoms with E-state index in [1.54, 1.807) is 22.2 Å². The van der Waals surface area contributed by atoms with Crippen LogP contribution in [0.1, 0.15) is 27.3 Å². The van der Waals surface area contributed by atoms with Crippen LogP contribution in [0, 0.1) is 13.8 Å². The maximum absolute atomic E-state index is 12.4.